The van der Waals surface area contributed by atoms with E-state index >= 15 is 0 Å². The van der Waals surface area contributed by atoms with Crippen molar-refractivity contribution in [3.8, 4) is 0 Å². The summed E-state index contributed by atoms with van der Waals surface area (Å²) in [7, 11) is 0. The lowest BCUT2D eigenvalue weighted by Crippen LogP contribution is -2.06. The van der Waals surface area contributed by atoms with Crippen LogP contribution in [0.4, 0.5) is 0 Å². The highest BCUT2D eigenvalue weighted by Crippen LogP contribution is 2.24. The summed E-state index contributed by atoms with van der Waals surface area (Å²) in [4.78, 5) is 1.09. The third-order valence-electron chi connectivity index (χ3n) is 1.85. The molecule has 0 aromatic heterocycles. The molecule has 0 saturated heterocycles. The first kappa shape index (κ1) is 5.36. The molecule has 1 heteroatoms. The largest absolute Gasteiger partial charge is 0.143 e. The zero-order valence-electron chi connectivity index (χ0n) is 5.09. The van der Waals surface area contributed by atoms with Crippen LogP contribution in [0, 0.1) is 0 Å². The van der Waals surface area contributed by atoms with E-state index in [0.717, 1.165) is 4.90 Å². The Morgan fingerprint density at radius 2 is 2.00 bits per heavy atom. The van der Waals surface area contributed by atoms with Crippen LogP contribution in [0.3, 0.4) is 0 Å². The van der Waals surface area contributed by atoms with Gasteiger partial charge in [0.25, 0.3) is 0 Å². The molecule has 0 spiro atoms. The maximum absolute atomic E-state index is 4.24. The molecule has 1 aliphatic rings. The van der Waals surface area contributed by atoms with Gasteiger partial charge in [-0.25, -0.2) is 0 Å². The fourth-order valence-corrected chi connectivity index (χ4v) is 1.41. The highest BCUT2D eigenvalue weighted by Gasteiger charge is 2.10. The van der Waals surface area contributed by atoms with Gasteiger partial charge in [-0.3, -0.25) is 0 Å². The van der Waals surface area contributed by atoms with Crippen LogP contribution >= 0.6 is 12.6 Å². The molecule has 0 unspecified atom stereocenters. The van der Waals surface area contributed by atoms with Crippen LogP contribution in [0.25, 0.3) is 0 Å². The molecule has 0 heterocycles. The molecule has 9 heavy (non-hydrogen) atoms. The second kappa shape index (κ2) is 1.77. The van der Waals surface area contributed by atoms with Gasteiger partial charge >= 0.3 is 0 Å². The predicted molar refractivity (Wildman–Crippen MR) is 45.3 cm³/mol. The number of rotatable bonds is 0. The van der Waals surface area contributed by atoms with Gasteiger partial charge in [-0.2, -0.15) is 0 Å². The SMILES string of the molecule is Sc1ccc2c(c1)CC2.[HH].[HH]. The van der Waals surface area contributed by atoms with Crippen molar-refractivity contribution in [2.24, 2.45) is 0 Å². The maximum atomic E-state index is 4.24. The molecule has 0 saturated carbocycles. The molecular weight excluding hydrogens is 128 g/mol. The second-order valence-corrected chi connectivity index (χ2v) is 2.97. The average molecular weight is 140 g/mol. The van der Waals surface area contributed by atoms with Gasteiger partial charge in [0.1, 0.15) is 0 Å². The first-order valence-electron chi connectivity index (χ1n) is 3.17. The minimum absolute atomic E-state index is 0. The van der Waals surface area contributed by atoms with Crippen LogP contribution in [0.2, 0.25) is 0 Å². The van der Waals surface area contributed by atoms with E-state index in [2.05, 4.69) is 30.8 Å². The summed E-state index contributed by atoms with van der Waals surface area (Å²) in [5.74, 6) is 0. The Morgan fingerprint density at radius 3 is 2.44 bits per heavy atom. The zero-order valence-corrected chi connectivity index (χ0v) is 5.99. The summed E-state index contributed by atoms with van der Waals surface area (Å²) >= 11 is 4.24. The van der Waals surface area contributed by atoms with E-state index in [4.69, 9.17) is 0 Å². The monoisotopic (exact) mass is 140 g/mol. The Kier molecular flexibility index (Phi) is 1.06. The van der Waals surface area contributed by atoms with Gasteiger partial charge in [0.05, 0.1) is 0 Å². The second-order valence-electron chi connectivity index (χ2n) is 2.45. The van der Waals surface area contributed by atoms with Gasteiger partial charge in [-0.1, -0.05) is 6.07 Å². The molecule has 1 aliphatic carbocycles. The number of hydrogen-bond acceptors (Lipinski definition) is 1. The standard InChI is InChI=1S/C8H8S.2H2/c9-8-4-3-6-1-2-7(6)5-8;;/h3-5,9H,1-2H2;2*1H. The highest BCUT2D eigenvalue weighted by atomic mass is 32.1. The third-order valence-corrected chi connectivity index (χ3v) is 2.13. The minimum atomic E-state index is 0. The molecule has 0 nitrogen and oxygen atoms in total. The number of hydrogen-bond donors (Lipinski definition) is 1. The number of benzene rings is 1. The number of aryl methyl sites for hydroxylation is 2. The van der Waals surface area contributed by atoms with E-state index in [1.54, 1.807) is 0 Å². The molecule has 0 bridgehead atoms. The van der Waals surface area contributed by atoms with E-state index < -0.39 is 0 Å². The van der Waals surface area contributed by atoms with Crippen LogP contribution in [0.5, 0.6) is 0 Å². The highest BCUT2D eigenvalue weighted by molar-refractivity contribution is 7.80. The fraction of sp³-hybridized carbons (Fsp3) is 0.250. The third kappa shape index (κ3) is 0.761. The lowest BCUT2D eigenvalue weighted by Gasteiger charge is -2.17. The molecule has 0 atom stereocenters. The molecule has 0 N–H and O–H groups in total. The zero-order chi connectivity index (χ0) is 6.27. The van der Waals surface area contributed by atoms with Crippen molar-refractivity contribution in [2.75, 3.05) is 0 Å². The average Bonchev–Trinajstić information content (AvgIpc) is 1.78. The Labute approximate surface area is 63.3 Å². The fourth-order valence-electron chi connectivity index (χ4n) is 1.18. The van der Waals surface area contributed by atoms with Crippen molar-refractivity contribution >= 4 is 12.6 Å². The summed E-state index contributed by atoms with van der Waals surface area (Å²) in [5, 5.41) is 0. The van der Waals surface area contributed by atoms with E-state index in [0.29, 0.717) is 0 Å². The summed E-state index contributed by atoms with van der Waals surface area (Å²) < 4.78 is 0. The molecule has 1 aromatic rings. The summed E-state index contributed by atoms with van der Waals surface area (Å²) in [5.41, 5.74) is 3.00. The van der Waals surface area contributed by atoms with E-state index in [-0.39, 0.29) is 2.85 Å². The molecule has 0 radical (unpaired) electrons. The quantitative estimate of drug-likeness (QED) is 0.526. The van der Waals surface area contributed by atoms with Crippen LogP contribution in [0.15, 0.2) is 23.1 Å². The molecule has 0 amide bonds. The van der Waals surface area contributed by atoms with Crippen LogP contribution in [-0.2, 0) is 12.8 Å². The molecule has 0 aliphatic heterocycles. The van der Waals surface area contributed by atoms with Gasteiger partial charge in [0.15, 0.2) is 0 Å². The molecule has 2 rings (SSSR count). The molecule has 50 valence electrons. The lowest BCUT2D eigenvalue weighted by molar-refractivity contribution is 0.833. The van der Waals surface area contributed by atoms with Crippen molar-refractivity contribution in [3.05, 3.63) is 29.3 Å². The van der Waals surface area contributed by atoms with Gasteiger partial charge in [0.2, 0.25) is 0 Å². The Hall–Kier alpha value is -0.430. The van der Waals surface area contributed by atoms with Crippen LogP contribution in [0.1, 0.15) is 14.0 Å². The number of fused-ring (bicyclic) bond motifs is 1. The number of thiol groups is 1. The van der Waals surface area contributed by atoms with Crippen molar-refractivity contribution in [2.45, 2.75) is 17.7 Å². The molecular formula is C8H12S. The van der Waals surface area contributed by atoms with Crippen molar-refractivity contribution in [1.82, 2.24) is 0 Å². The van der Waals surface area contributed by atoms with Crippen molar-refractivity contribution in [1.29, 1.82) is 0 Å². The van der Waals surface area contributed by atoms with Crippen LogP contribution in [-0.4, -0.2) is 0 Å². The van der Waals surface area contributed by atoms with Gasteiger partial charge in [-0.05, 0) is 36.1 Å². The lowest BCUT2D eigenvalue weighted by atomic mass is 9.89. The van der Waals surface area contributed by atoms with E-state index in [1.807, 2.05) is 0 Å². The van der Waals surface area contributed by atoms with Gasteiger partial charge < -0.3 is 0 Å². The molecule has 1 aromatic carbocycles. The smallest absolute Gasteiger partial charge is 0.00429 e. The topological polar surface area (TPSA) is 0 Å². The predicted octanol–water partition coefficient (Wildman–Crippen LogP) is 2.57. The normalized spacial score (nSPS) is 14.3. The molecule has 0 fully saturated rings. The summed E-state index contributed by atoms with van der Waals surface area (Å²) in [6.45, 7) is 0. The summed E-state index contributed by atoms with van der Waals surface area (Å²) in [6, 6.07) is 6.38. The van der Waals surface area contributed by atoms with E-state index in [1.165, 1.54) is 24.0 Å². The Morgan fingerprint density at radius 1 is 1.22 bits per heavy atom. The van der Waals surface area contributed by atoms with Crippen molar-refractivity contribution < 1.29 is 2.85 Å². The minimum Gasteiger partial charge on any atom is -0.143 e. The van der Waals surface area contributed by atoms with Crippen molar-refractivity contribution in [3.63, 3.8) is 0 Å². The summed E-state index contributed by atoms with van der Waals surface area (Å²) in [6.07, 6.45) is 2.52. The van der Waals surface area contributed by atoms with Crippen LogP contribution < -0.4 is 0 Å². The maximum Gasteiger partial charge on any atom is 0.00429 e. The first-order valence-corrected chi connectivity index (χ1v) is 3.62. The van der Waals surface area contributed by atoms with E-state index in [9.17, 15) is 0 Å². The Balaban J connectivity index is 0.000000500. The first-order chi connectivity index (χ1) is 4.36. The van der Waals surface area contributed by atoms with Gasteiger partial charge in [-0.15, -0.1) is 12.6 Å². The Bertz CT molecular complexity index is 248. The van der Waals surface area contributed by atoms with Gasteiger partial charge in [0, 0.05) is 7.75 Å².